The number of hydrogen-bond acceptors (Lipinski definition) is 6. The second-order valence-electron chi connectivity index (χ2n) is 6.34. The van der Waals surface area contributed by atoms with E-state index in [2.05, 4.69) is 16.0 Å². The van der Waals surface area contributed by atoms with E-state index in [4.69, 9.17) is 21.1 Å². The largest absolute Gasteiger partial charge is 0.454 e. The summed E-state index contributed by atoms with van der Waals surface area (Å²) in [6.07, 6.45) is 1.73. The Hall–Kier alpha value is -3.40. The molecular formula is C22H12ClN3O2S. The summed E-state index contributed by atoms with van der Waals surface area (Å²) in [5.41, 5.74) is 3.60. The van der Waals surface area contributed by atoms with Crippen molar-refractivity contribution < 1.29 is 9.47 Å². The Morgan fingerprint density at radius 1 is 1.10 bits per heavy atom. The van der Waals surface area contributed by atoms with Crippen molar-refractivity contribution in [3.63, 3.8) is 0 Å². The van der Waals surface area contributed by atoms with Gasteiger partial charge in [0, 0.05) is 21.9 Å². The highest BCUT2D eigenvalue weighted by Gasteiger charge is 2.16. The summed E-state index contributed by atoms with van der Waals surface area (Å²) in [5, 5.41) is 13.5. The zero-order chi connectivity index (χ0) is 19.8. The van der Waals surface area contributed by atoms with Crippen LogP contribution >= 0.6 is 22.9 Å². The minimum Gasteiger partial charge on any atom is -0.454 e. The third-order valence-corrected chi connectivity index (χ3v) is 5.71. The quantitative estimate of drug-likeness (QED) is 0.311. The van der Waals surface area contributed by atoms with Crippen LogP contribution in [0.3, 0.4) is 0 Å². The number of nitrogens with zero attached hydrogens (tertiary/aromatic N) is 3. The van der Waals surface area contributed by atoms with E-state index in [-0.39, 0.29) is 6.79 Å². The molecule has 7 heteroatoms. The van der Waals surface area contributed by atoms with Crippen LogP contribution in [0.5, 0.6) is 11.5 Å². The molecule has 0 bridgehead atoms. The monoisotopic (exact) mass is 417 g/mol. The second-order valence-corrected chi connectivity index (χ2v) is 7.55. The molecule has 29 heavy (non-hydrogen) atoms. The van der Waals surface area contributed by atoms with E-state index in [0.717, 1.165) is 27.9 Å². The van der Waals surface area contributed by atoms with Gasteiger partial charge in [0.05, 0.1) is 16.8 Å². The smallest absolute Gasteiger partial charge is 0.231 e. The molecule has 0 atom stereocenters. The van der Waals surface area contributed by atoms with E-state index in [1.54, 1.807) is 6.08 Å². The lowest BCUT2D eigenvalue weighted by Gasteiger charge is -2.03. The molecule has 0 spiro atoms. The van der Waals surface area contributed by atoms with E-state index < -0.39 is 0 Å². The lowest BCUT2D eigenvalue weighted by atomic mass is 10.1. The van der Waals surface area contributed by atoms with Crippen LogP contribution in [0.1, 0.15) is 10.6 Å². The van der Waals surface area contributed by atoms with Gasteiger partial charge in [0.15, 0.2) is 11.5 Å². The number of hydrogen-bond donors (Lipinski definition) is 0. The molecule has 1 aliphatic rings. The maximum atomic E-state index is 9.70. The summed E-state index contributed by atoms with van der Waals surface area (Å²) in [6, 6.07) is 17.5. The highest BCUT2D eigenvalue weighted by atomic mass is 35.5. The molecule has 0 saturated heterocycles. The van der Waals surface area contributed by atoms with Gasteiger partial charge in [-0.1, -0.05) is 29.8 Å². The number of thiazole rings is 1. The Balaban J connectivity index is 1.52. The van der Waals surface area contributed by atoms with Crippen LogP contribution in [0.4, 0.5) is 0 Å². The Labute approximate surface area is 175 Å². The van der Waals surface area contributed by atoms with Crippen LogP contribution in [0.15, 0.2) is 53.9 Å². The van der Waals surface area contributed by atoms with Crippen LogP contribution in [0.2, 0.25) is 5.15 Å². The molecule has 0 fully saturated rings. The molecular weight excluding hydrogens is 406 g/mol. The molecule has 0 amide bonds. The maximum absolute atomic E-state index is 9.70. The van der Waals surface area contributed by atoms with E-state index >= 15 is 0 Å². The van der Waals surface area contributed by atoms with Crippen LogP contribution in [-0.4, -0.2) is 16.8 Å². The zero-order valence-corrected chi connectivity index (χ0v) is 16.5. The molecule has 2 aromatic carbocycles. The highest BCUT2D eigenvalue weighted by Crippen LogP contribution is 2.37. The number of rotatable bonds is 3. The SMILES string of the molecule is N#CC(=Cc1cc2ccccc2nc1Cl)c1nc(-c2ccc3c(c2)OCO3)cs1. The van der Waals surface area contributed by atoms with Crippen LogP contribution in [0, 0.1) is 11.3 Å². The first-order valence-corrected chi connectivity index (χ1v) is 10.00. The van der Waals surface area contributed by atoms with Gasteiger partial charge < -0.3 is 9.47 Å². The maximum Gasteiger partial charge on any atom is 0.231 e. The number of allylic oxidation sites excluding steroid dienone is 1. The van der Waals surface area contributed by atoms with Crippen LogP contribution in [0.25, 0.3) is 33.8 Å². The van der Waals surface area contributed by atoms with Gasteiger partial charge in [0.1, 0.15) is 16.2 Å². The van der Waals surface area contributed by atoms with Gasteiger partial charge in [-0.05, 0) is 36.4 Å². The topological polar surface area (TPSA) is 68.0 Å². The van der Waals surface area contributed by atoms with E-state index in [9.17, 15) is 5.26 Å². The van der Waals surface area contributed by atoms with Crippen molar-refractivity contribution in [2.75, 3.05) is 6.79 Å². The number of ether oxygens (including phenoxy) is 2. The molecule has 0 N–H and O–H groups in total. The van der Waals surface area contributed by atoms with Crippen LogP contribution < -0.4 is 9.47 Å². The van der Waals surface area contributed by atoms with E-state index in [0.29, 0.717) is 27.0 Å². The number of fused-ring (bicyclic) bond motifs is 2. The summed E-state index contributed by atoms with van der Waals surface area (Å²) < 4.78 is 10.8. The van der Waals surface area contributed by atoms with Gasteiger partial charge in [-0.15, -0.1) is 11.3 Å². The van der Waals surface area contributed by atoms with Crippen molar-refractivity contribution >= 4 is 45.5 Å². The first kappa shape index (κ1) is 17.7. The van der Waals surface area contributed by atoms with E-state index in [1.807, 2.05) is 53.9 Å². The van der Waals surface area contributed by atoms with Gasteiger partial charge >= 0.3 is 0 Å². The Morgan fingerprint density at radius 3 is 2.86 bits per heavy atom. The summed E-state index contributed by atoms with van der Waals surface area (Å²) in [4.78, 5) is 9.04. The lowest BCUT2D eigenvalue weighted by Crippen LogP contribution is -1.92. The predicted octanol–water partition coefficient (Wildman–Crippen LogP) is 5.80. The molecule has 5 rings (SSSR count). The summed E-state index contributed by atoms with van der Waals surface area (Å²) in [6.45, 7) is 0.225. The second kappa shape index (κ2) is 7.21. The molecule has 140 valence electrons. The molecule has 4 aromatic rings. The van der Waals surface area contributed by atoms with Gasteiger partial charge in [-0.25, -0.2) is 9.97 Å². The highest BCUT2D eigenvalue weighted by molar-refractivity contribution is 7.11. The fourth-order valence-electron chi connectivity index (χ4n) is 3.09. The number of halogens is 1. The molecule has 5 nitrogen and oxygen atoms in total. The summed E-state index contributed by atoms with van der Waals surface area (Å²) in [7, 11) is 0. The Kier molecular flexibility index (Phi) is 4.39. The number of para-hydroxylation sites is 1. The summed E-state index contributed by atoms with van der Waals surface area (Å²) in [5.74, 6) is 1.42. The molecule has 0 radical (unpaired) electrons. The predicted molar refractivity (Wildman–Crippen MR) is 114 cm³/mol. The third kappa shape index (κ3) is 3.31. The minimum atomic E-state index is 0.225. The molecule has 1 aliphatic heterocycles. The average Bonchev–Trinajstić information content (AvgIpc) is 3.41. The first-order chi connectivity index (χ1) is 14.2. The van der Waals surface area contributed by atoms with Gasteiger partial charge in [-0.3, -0.25) is 0 Å². The van der Waals surface area contributed by atoms with Crippen molar-refractivity contribution in [1.29, 1.82) is 5.26 Å². The normalized spacial score (nSPS) is 12.9. The van der Waals surface area contributed by atoms with Crippen molar-refractivity contribution in [3.05, 3.63) is 69.6 Å². The molecule has 0 saturated carbocycles. The van der Waals surface area contributed by atoms with Crippen molar-refractivity contribution in [2.45, 2.75) is 0 Å². The average molecular weight is 418 g/mol. The van der Waals surface area contributed by atoms with Crippen molar-refractivity contribution in [3.8, 4) is 28.8 Å². The Bertz CT molecular complexity index is 1320. The molecule has 3 heterocycles. The number of pyridine rings is 1. The van der Waals surface area contributed by atoms with Crippen LogP contribution in [-0.2, 0) is 0 Å². The fraction of sp³-hybridized carbons (Fsp3) is 0.0455. The van der Waals surface area contributed by atoms with Gasteiger partial charge in [0.2, 0.25) is 6.79 Å². The number of nitriles is 1. The van der Waals surface area contributed by atoms with Gasteiger partial charge in [0.25, 0.3) is 0 Å². The van der Waals surface area contributed by atoms with Crippen molar-refractivity contribution in [1.82, 2.24) is 9.97 Å². The van der Waals surface area contributed by atoms with E-state index in [1.165, 1.54) is 11.3 Å². The third-order valence-electron chi connectivity index (χ3n) is 4.53. The Morgan fingerprint density at radius 2 is 1.97 bits per heavy atom. The lowest BCUT2D eigenvalue weighted by molar-refractivity contribution is 0.174. The standard InChI is InChI=1S/C22H12ClN3O2S/c23-21-15(7-13-3-1-2-4-17(13)25-21)8-16(10-24)22-26-18(11-29-22)14-5-6-19-20(9-14)28-12-27-19/h1-9,11H,12H2. The zero-order valence-electron chi connectivity index (χ0n) is 14.9. The molecule has 2 aromatic heterocycles. The van der Waals surface area contributed by atoms with Crippen molar-refractivity contribution in [2.24, 2.45) is 0 Å². The minimum absolute atomic E-state index is 0.225. The molecule has 0 unspecified atom stereocenters. The summed E-state index contributed by atoms with van der Waals surface area (Å²) >= 11 is 7.74. The molecule has 0 aliphatic carbocycles. The van der Waals surface area contributed by atoms with Gasteiger partial charge in [-0.2, -0.15) is 5.26 Å². The fourth-order valence-corrected chi connectivity index (χ4v) is 4.09. The number of benzene rings is 2. The number of aromatic nitrogens is 2. The first-order valence-electron chi connectivity index (χ1n) is 8.74.